The maximum absolute atomic E-state index is 13.9. The highest BCUT2D eigenvalue weighted by atomic mass is 19.3. The first-order chi connectivity index (χ1) is 9.44. The Balaban J connectivity index is 1.48. The number of rotatable bonds is 3. The molecule has 0 saturated heterocycles. The third-order valence-corrected chi connectivity index (χ3v) is 5.37. The van der Waals surface area contributed by atoms with E-state index in [1.54, 1.807) is 6.07 Å². The van der Waals surface area contributed by atoms with Crippen LogP contribution in [0, 0.1) is 10.8 Å². The standard InChI is InChI=1S/C14H14F2N2O2/c15-14(16)12(3-4-12)13(14)6-8(7-13)18-10-9(11(19)20)2-1-5-17-10/h1-2,5,8H,3-4,6-7H2,(H,17,18)(H,19,20). The van der Waals surface area contributed by atoms with Gasteiger partial charge in [0.15, 0.2) is 0 Å². The summed E-state index contributed by atoms with van der Waals surface area (Å²) in [5.74, 6) is -3.31. The van der Waals surface area contributed by atoms with Gasteiger partial charge in [-0.1, -0.05) is 0 Å². The van der Waals surface area contributed by atoms with E-state index >= 15 is 0 Å². The molecule has 2 N–H and O–H groups in total. The molecular weight excluding hydrogens is 266 g/mol. The predicted molar refractivity (Wildman–Crippen MR) is 66.9 cm³/mol. The number of carboxylic acid groups (broad SMARTS) is 1. The average Bonchev–Trinajstić information content (AvgIpc) is 3.21. The quantitative estimate of drug-likeness (QED) is 0.893. The van der Waals surface area contributed by atoms with Gasteiger partial charge in [-0.15, -0.1) is 0 Å². The molecule has 6 heteroatoms. The number of pyridine rings is 1. The van der Waals surface area contributed by atoms with Crippen LogP contribution in [0.4, 0.5) is 14.6 Å². The second-order valence-corrected chi connectivity index (χ2v) is 6.19. The van der Waals surface area contributed by atoms with Crippen molar-refractivity contribution in [3.63, 3.8) is 0 Å². The SMILES string of the molecule is O=C(O)c1cccnc1NC1CC2(C1)C(F)(F)C21CC1. The van der Waals surface area contributed by atoms with Crippen LogP contribution in [0.3, 0.4) is 0 Å². The molecule has 0 unspecified atom stereocenters. The van der Waals surface area contributed by atoms with Crippen molar-refractivity contribution in [1.82, 2.24) is 4.98 Å². The van der Waals surface area contributed by atoms with Gasteiger partial charge in [-0.05, 0) is 37.8 Å². The summed E-state index contributed by atoms with van der Waals surface area (Å²) in [5, 5.41) is 12.1. The van der Waals surface area contributed by atoms with Crippen LogP contribution in [0.1, 0.15) is 36.0 Å². The first-order valence-corrected chi connectivity index (χ1v) is 6.76. The van der Waals surface area contributed by atoms with E-state index < -0.39 is 22.7 Å². The summed E-state index contributed by atoms with van der Waals surface area (Å²) >= 11 is 0. The summed E-state index contributed by atoms with van der Waals surface area (Å²) in [5.41, 5.74) is -1.44. The van der Waals surface area contributed by atoms with Crippen molar-refractivity contribution in [3.05, 3.63) is 23.9 Å². The molecule has 106 valence electrons. The molecule has 1 aromatic heterocycles. The fraction of sp³-hybridized carbons (Fsp3) is 0.571. The van der Waals surface area contributed by atoms with Gasteiger partial charge in [-0.25, -0.2) is 18.6 Å². The van der Waals surface area contributed by atoms with Gasteiger partial charge in [-0.2, -0.15) is 0 Å². The summed E-state index contributed by atoms with van der Waals surface area (Å²) in [7, 11) is 0. The molecule has 0 bridgehead atoms. The highest BCUT2D eigenvalue weighted by molar-refractivity contribution is 5.93. The molecule has 4 rings (SSSR count). The largest absolute Gasteiger partial charge is 0.478 e. The third kappa shape index (κ3) is 1.16. The zero-order valence-electron chi connectivity index (χ0n) is 10.7. The van der Waals surface area contributed by atoms with Gasteiger partial charge in [0.25, 0.3) is 5.92 Å². The lowest BCUT2D eigenvalue weighted by molar-refractivity contribution is 0.0222. The number of alkyl halides is 2. The molecule has 0 aromatic carbocycles. The zero-order valence-corrected chi connectivity index (χ0v) is 10.7. The minimum atomic E-state index is -2.52. The van der Waals surface area contributed by atoms with Crippen molar-refractivity contribution in [2.24, 2.45) is 10.8 Å². The number of anilines is 1. The molecule has 1 heterocycles. The normalized spacial score (nSPS) is 34.6. The second kappa shape index (κ2) is 3.30. The van der Waals surface area contributed by atoms with Crippen molar-refractivity contribution in [3.8, 4) is 0 Å². The van der Waals surface area contributed by atoms with E-state index in [0.29, 0.717) is 25.7 Å². The van der Waals surface area contributed by atoms with Gasteiger partial charge < -0.3 is 10.4 Å². The summed E-state index contributed by atoms with van der Waals surface area (Å²) in [4.78, 5) is 15.1. The number of carbonyl (C=O) groups is 1. The number of aromatic nitrogens is 1. The van der Waals surface area contributed by atoms with Crippen LogP contribution in [0.5, 0.6) is 0 Å². The summed E-state index contributed by atoms with van der Waals surface area (Å²) in [6, 6.07) is 2.90. The summed E-state index contributed by atoms with van der Waals surface area (Å²) < 4.78 is 27.7. The number of fused-ring (bicyclic) bond motifs is 1. The fourth-order valence-electron chi connectivity index (χ4n) is 4.08. The maximum Gasteiger partial charge on any atom is 0.339 e. The number of nitrogens with one attached hydrogen (secondary N) is 1. The lowest BCUT2D eigenvalue weighted by atomic mass is 9.74. The van der Waals surface area contributed by atoms with Crippen molar-refractivity contribution in [1.29, 1.82) is 0 Å². The summed E-state index contributed by atoms with van der Waals surface area (Å²) in [6.07, 6.45) is 3.59. The van der Waals surface area contributed by atoms with E-state index in [4.69, 9.17) is 5.11 Å². The second-order valence-electron chi connectivity index (χ2n) is 6.19. The minimum absolute atomic E-state index is 0.0807. The lowest BCUT2D eigenvalue weighted by Crippen LogP contribution is -2.41. The Morgan fingerprint density at radius 1 is 1.35 bits per heavy atom. The Bertz CT molecular complexity index is 601. The van der Waals surface area contributed by atoms with Gasteiger partial charge in [-0.3, -0.25) is 0 Å². The Kier molecular flexibility index (Phi) is 1.99. The number of halogens is 2. The first kappa shape index (κ1) is 12.1. The Morgan fingerprint density at radius 2 is 2.05 bits per heavy atom. The van der Waals surface area contributed by atoms with Gasteiger partial charge in [0.2, 0.25) is 0 Å². The number of hydrogen-bond donors (Lipinski definition) is 2. The Morgan fingerprint density at radius 3 is 2.60 bits per heavy atom. The fourth-order valence-corrected chi connectivity index (χ4v) is 4.08. The van der Waals surface area contributed by atoms with E-state index in [0.717, 1.165) is 0 Å². The molecule has 0 aliphatic heterocycles. The third-order valence-electron chi connectivity index (χ3n) is 5.37. The topological polar surface area (TPSA) is 62.2 Å². The van der Waals surface area contributed by atoms with Crippen LogP contribution in [0.25, 0.3) is 0 Å². The lowest BCUT2D eigenvalue weighted by Gasteiger charge is -2.37. The smallest absolute Gasteiger partial charge is 0.339 e. The molecule has 3 fully saturated rings. The Labute approximate surface area is 114 Å². The average molecular weight is 280 g/mol. The molecule has 3 saturated carbocycles. The molecule has 0 radical (unpaired) electrons. The molecule has 2 spiro atoms. The summed E-state index contributed by atoms with van der Waals surface area (Å²) in [6.45, 7) is 0. The zero-order chi connectivity index (χ0) is 14.2. The van der Waals surface area contributed by atoms with Crippen LogP contribution in [0.2, 0.25) is 0 Å². The molecule has 0 amide bonds. The molecule has 3 aliphatic carbocycles. The Hall–Kier alpha value is -1.72. The number of carboxylic acids is 1. The van der Waals surface area contributed by atoms with E-state index in [1.165, 1.54) is 12.3 Å². The van der Waals surface area contributed by atoms with Crippen LogP contribution in [0.15, 0.2) is 18.3 Å². The van der Waals surface area contributed by atoms with Crippen molar-refractivity contribution >= 4 is 11.8 Å². The van der Waals surface area contributed by atoms with E-state index in [-0.39, 0.29) is 17.4 Å². The molecule has 3 aliphatic rings. The van der Waals surface area contributed by atoms with Gasteiger partial charge >= 0.3 is 5.97 Å². The molecule has 0 atom stereocenters. The minimum Gasteiger partial charge on any atom is -0.478 e. The highest BCUT2D eigenvalue weighted by Gasteiger charge is 2.97. The van der Waals surface area contributed by atoms with E-state index in [9.17, 15) is 13.6 Å². The number of aromatic carboxylic acids is 1. The van der Waals surface area contributed by atoms with Gasteiger partial charge in [0.05, 0.1) is 0 Å². The molecular formula is C14H14F2N2O2. The maximum atomic E-state index is 13.9. The van der Waals surface area contributed by atoms with Crippen LogP contribution >= 0.6 is 0 Å². The van der Waals surface area contributed by atoms with Gasteiger partial charge in [0.1, 0.15) is 11.4 Å². The van der Waals surface area contributed by atoms with Crippen LogP contribution in [-0.4, -0.2) is 28.0 Å². The molecule has 1 aromatic rings. The molecule has 4 nitrogen and oxygen atoms in total. The predicted octanol–water partition coefficient (Wildman–Crippen LogP) is 2.77. The monoisotopic (exact) mass is 280 g/mol. The molecule has 20 heavy (non-hydrogen) atoms. The van der Waals surface area contributed by atoms with E-state index in [1.807, 2.05) is 0 Å². The number of nitrogens with zero attached hydrogens (tertiary/aromatic N) is 1. The van der Waals surface area contributed by atoms with Crippen molar-refractivity contribution in [2.75, 3.05) is 5.32 Å². The van der Waals surface area contributed by atoms with Gasteiger partial charge in [0, 0.05) is 23.1 Å². The van der Waals surface area contributed by atoms with E-state index in [2.05, 4.69) is 10.3 Å². The van der Waals surface area contributed by atoms with Crippen molar-refractivity contribution in [2.45, 2.75) is 37.6 Å². The van der Waals surface area contributed by atoms with Crippen LogP contribution in [-0.2, 0) is 0 Å². The highest BCUT2D eigenvalue weighted by Crippen LogP contribution is 2.92. The first-order valence-electron chi connectivity index (χ1n) is 6.76. The van der Waals surface area contributed by atoms with Crippen molar-refractivity contribution < 1.29 is 18.7 Å². The van der Waals surface area contributed by atoms with Crippen LogP contribution < -0.4 is 5.32 Å². The number of hydrogen-bond acceptors (Lipinski definition) is 3.